The summed E-state index contributed by atoms with van der Waals surface area (Å²) in [6.07, 6.45) is 0. The molecule has 0 bridgehead atoms. The van der Waals surface area contributed by atoms with Crippen molar-refractivity contribution >= 4 is 39.2 Å². The zero-order chi connectivity index (χ0) is 20.7. The molecule has 0 unspecified atom stereocenters. The molecule has 4 rings (SSSR count). The topological polar surface area (TPSA) is 83.6 Å². The molecule has 0 saturated carbocycles. The van der Waals surface area contributed by atoms with E-state index in [1.807, 2.05) is 0 Å². The van der Waals surface area contributed by atoms with E-state index in [0.717, 1.165) is 4.47 Å². The second-order valence-electron chi connectivity index (χ2n) is 6.52. The largest absolute Gasteiger partial charge is 0.507 e. The number of rotatable bonds is 3. The molecular formula is C21H14BrFN2O4. The molecule has 6 nitrogen and oxygen atoms in total. The van der Waals surface area contributed by atoms with Crippen molar-refractivity contribution in [2.45, 2.75) is 13.0 Å². The summed E-state index contributed by atoms with van der Waals surface area (Å²) in [5.41, 5.74) is 0.712. The van der Waals surface area contributed by atoms with Gasteiger partial charge in [-0.25, -0.2) is 4.39 Å². The Kier molecular flexibility index (Phi) is 4.79. The summed E-state index contributed by atoms with van der Waals surface area (Å²) in [7, 11) is 0. The summed E-state index contributed by atoms with van der Waals surface area (Å²) >= 11 is 3.36. The first-order valence-corrected chi connectivity index (χ1v) is 9.42. The number of halogens is 2. The molecule has 1 fully saturated rings. The van der Waals surface area contributed by atoms with E-state index in [9.17, 15) is 19.1 Å². The van der Waals surface area contributed by atoms with Crippen molar-refractivity contribution in [1.82, 2.24) is 5.16 Å². The van der Waals surface area contributed by atoms with Gasteiger partial charge >= 0.3 is 5.91 Å². The van der Waals surface area contributed by atoms with Gasteiger partial charge in [-0.05, 0) is 48.9 Å². The highest BCUT2D eigenvalue weighted by molar-refractivity contribution is 9.10. The fourth-order valence-electron chi connectivity index (χ4n) is 3.26. The number of aliphatic hydroxyl groups is 1. The van der Waals surface area contributed by atoms with Crippen molar-refractivity contribution in [3.63, 3.8) is 0 Å². The lowest BCUT2D eigenvalue weighted by molar-refractivity contribution is -0.132. The van der Waals surface area contributed by atoms with Crippen molar-refractivity contribution in [3.8, 4) is 0 Å². The molecule has 1 saturated heterocycles. The van der Waals surface area contributed by atoms with Crippen LogP contribution in [0, 0.1) is 12.7 Å². The van der Waals surface area contributed by atoms with E-state index in [4.69, 9.17) is 4.52 Å². The van der Waals surface area contributed by atoms with Gasteiger partial charge in [0, 0.05) is 16.1 Å². The van der Waals surface area contributed by atoms with E-state index < -0.39 is 23.5 Å². The number of hydrogen-bond acceptors (Lipinski definition) is 5. The monoisotopic (exact) mass is 456 g/mol. The Morgan fingerprint density at radius 1 is 1.14 bits per heavy atom. The Morgan fingerprint density at radius 3 is 2.38 bits per heavy atom. The number of carbonyl (C=O) groups is 2. The number of nitrogens with zero attached hydrogens (tertiary/aromatic N) is 2. The molecule has 0 aliphatic carbocycles. The van der Waals surface area contributed by atoms with Crippen molar-refractivity contribution in [3.05, 3.63) is 87.3 Å². The number of benzene rings is 2. The highest BCUT2D eigenvalue weighted by Gasteiger charge is 2.48. The minimum atomic E-state index is -0.919. The minimum absolute atomic E-state index is 0.107. The molecule has 146 valence electrons. The lowest BCUT2D eigenvalue weighted by Crippen LogP contribution is -2.29. The molecule has 1 N–H and O–H groups in total. The molecule has 1 atom stereocenters. The van der Waals surface area contributed by atoms with E-state index in [1.165, 1.54) is 35.2 Å². The first-order valence-electron chi connectivity index (χ1n) is 8.62. The van der Waals surface area contributed by atoms with Gasteiger partial charge < -0.3 is 9.63 Å². The normalized spacial score (nSPS) is 18.4. The average Bonchev–Trinajstić information content (AvgIpc) is 3.24. The number of carbonyl (C=O) groups excluding carboxylic acids is 2. The highest BCUT2D eigenvalue weighted by Crippen LogP contribution is 2.42. The quantitative estimate of drug-likeness (QED) is 0.356. The second-order valence-corrected chi connectivity index (χ2v) is 7.44. The predicted molar refractivity (Wildman–Crippen MR) is 107 cm³/mol. The second kappa shape index (κ2) is 7.29. The summed E-state index contributed by atoms with van der Waals surface area (Å²) in [5.74, 6) is -1.94. The summed E-state index contributed by atoms with van der Waals surface area (Å²) < 4.78 is 19.2. The smallest absolute Gasteiger partial charge is 0.301 e. The Balaban J connectivity index is 1.93. The van der Waals surface area contributed by atoms with Crippen LogP contribution in [0.3, 0.4) is 0 Å². The molecule has 2 heterocycles. The van der Waals surface area contributed by atoms with Crippen LogP contribution in [0.25, 0.3) is 5.76 Å². The van der Waals surface area contributed by atoms with Crippen molar-refractivity contribution in [1.29, 1.82) is 0 Å². The molecule has 2 aromatic carbocycles. The minimum Gasteiger partial charge on any atom is -0.507 e. The SMILES string of the molecule is Cc1cc(N2C(=O)C(=O)/C(=C(/O)c3ccc(F)cc3)[C@H]2c2ccc(Br)cc2)no1. The number of anilines is 1. The van der Waals surface area contributed by atoms with Crippen LogP contribution in [0.15, 0.2) is 69.2 Å². The number of aliphatic hydroxyl groups excluding tert-OH is 1. The van der Waals surface area contributed by atoms with Crippen LogP contribution in [0.1, 0.15) is 22.9 Å². The van der Waals surface area contributed by atoms with Crippen LogP contribution in [0.5, 0.6) is 0 Å². The van der Waals surface area contributed by atoms with Crippen LogP contribution < -0.4 is 4.90 Å². The van der Waals surface area contributed by atoms with E-state index in [-0.39, 0.29) is 22.7 Å². The number of aryl methyl sites for hydroxylation is 1. The molecular weight excluding hydrogens is 443 g/mol. The van der Waals surface area contributed by atoms with Gasteiger partial charge in [0.15, 0.2) is 5.82 Å². The molecule has 1 aromatic heterocycles. The van der Waals surface area contributed by atoms with Gasteiger partial charge in [0.2, 0.25) is 0 Å². The van der Waals surface area contributed by atoms with E-state index in [1.54, 1.807) is 31.2 Å². The maximum Gasteiger partial charge on any atom is 0.301 e. The molecule has 29 heavy (non-hydrogen) atoms. The zero-order valence-corrected chi connectivity index (χ0v) is 16.7. The maximum absolute atomic E-state index is 13.3. The van der Waals surface area contributed by atoms with Crippen LogP contribution >= 0.6 is 15.9 Å². The van der Waals surface area contributed by atoms with E-state index in [2.05, 4.69) is 21.1 Å². The van der Waals surface area contributed by atoms with Crippen LogP contribution in [-0.4, -0.2) is 22.0 Å². The number of amides is 1. The van der Waals surface area contributed by atoms with Gasteiger partial charge in [-0.3, -0.25) is 14.5 Å². The van der Waals surface area contributed by atoms with Gasteiger partial charge in [-0.15, -0.1) is 0 Å². The Hall–Kier alpha value is -3.26. The molecule has 1 amide bonds. The standard InChI is InChI=1S/C21H14BrFN2O4/c1-11-10-16(24-29-11)25-18(12-2-6-14(22)7-3-12)17(20(27)21(25)28)19(26)13-4-8-15(23)9-5-13/h2-10,18,26H,1H3/b19-17+/t18-/m1/s1. The van der Waals surface area contributed by atoms with E-state index >= 15 is 0 Å². The summed E-state index contributed by atoms with van der Waals surface area (Å²) in [5, 5.41) is 14.7. The molecule has 0 spiro atoms. The lowest BCUT2D eigenvalue weighted by Gasteiger charge is -2.22. The number of Topliss-reactive ketones (excluding diaryl/α,β-unsaturated/α-hetero) is 1. The summed E-state index contributed by atoms with van der Waals surface area (Å²) in [4.78, 5) is 26.9. The molecule has 8 heteroatoms. The predicted octanol–water partition coefficient (Wildman–Crippen LogP) is 4.51. The van der Waals surface area contributed by atoms with Crippen molar-refractivity contribution < 1.29 is 23.6 Å². The fourth-order valence-corrected chi connectivity index (χ4v) is 3.52. The third-order valence-corrected chi connectivity index (χ3v) is 5.14. The Bertz CT molecular complexity index is 1140. The Morgan fingerprint density at radius 2 is 1.79 bits per heavy atom. The highest BCUT2D eigenvalue weighted by atomic mass is 79.9. The number of aromatic nitrogens is 1. The third-order valence-electron chi connectivity index (χ3n) is 4.61. The molecule has 1 aliphatic rings. The van der Waals surface area contributed by atoms with E-state index in [0.29, 0.717) is 11.3 Å². The first-order chi connectivity index (χ1) is 13.9. The van der Waals surface area contributed by atoms with Crippen LogP contribution in [0.4, 0.5) is 10.2 Å². The van der Waals surface area contributed by atoms with Gasteiger partial charge in [0.05, 0.1) is 11.6 Å². The van der Waals surface area contributed by atoms with Crippen LogP contribution in [-0.2, 0) is 9.59 Å². The van der Waals surface area contributed by atoms with Gasteiger partial charge in [0.25, 0.3) is 5.78 Å². The molecule has 0 radical (unpaired) electrons. The average molecular weight is 457 g/mol. The molecule has 3 aromatic rings. The van der Waals surface area contributed by atoms with Gasteiger partial charge in [0.1, 0.15) is 17.3 Å². The van der Waals surface area contributed by atoms with Crippen molar-refractivity contribution in [2.24, 2.45) is 0 Å². The maximum atomic E-state index is 13.3. The first kappa shape index (κ1) is 19.1. The lowest BCUT2D eigenvalue weighted by atomic mass is 9.95. The van der Waals surface area contributed by atoms with Gasteiger partial charge in [-0.1, -0.05) is 33.2 Å². The van der Waals surface area contributed by atoms with Gasteiger partial charge in [-0.2, -0.15) is 0 Å². The van der Waals surface area contributed by atoms with Crippen LogP contribution in [0.2, 0.25) is 0 Å². The zero-order valence-electron chi connectivity index (χ0n) is 15.1. The fraction of sp³-hybridized carbons (Fsp3) is 0.0952. The summed E-state index contributed by atoms with van der Waals surface area (Å²) in [6, 6.07) is 12.6. The van der Waals surface area contributed by atoms with Crippen molar-refractivity contribution in [2.75, 3.05) is 4.90 Å². The number of ketones is 1. The number of hydrogen-bond donors (Lipinski definition) is 1. The third kappa shape index (κ3) is 3.36. The molecule has 1 aliphatic heterocycles. The summed E-state index contributed by atoms with van der Waals surface area (Å²) in [6.45, 7) is 1.67. The Labute approximate surface area is 173 Å².